The lowest BCUT2D eigenvalue weighted by Crippen LogP contribution is -2.36. The lowest BCUT2D eigenvalue weighted by atomic mass is 10.1. The minimum Gasteiger partial charge on any atom is -0.467 e. The Bertz CT molecular complexity index is 947. The van der Waals surface area contributed by atoms with Gasteiger partial charge in [-0.3, -0.25) is 9.69 Å². The monoisotopic (exact) mass is 377 g/mol. The minimum absolute atomic E-state index is 0.150. The van der Waals surface area contributed by atoms with Gasteiger partial charge in [0.2, 0.25) is 5.91 Å². The maximum atomic E-state index is 13.5. The summed E-state index contributed by atoms with van der Waals surface area (Å²) in [6.07, 6.45) is 1.56. The first-order chi connectivity index (χ1) is 13.6. The second kappa shape index (κ2) is 9.49. The van der Waals surface area contributed by atoms with Crippen LogP contribution in [0.2, 0.25) is 0 Å². The van der Waals surface area contributed by atoms with Crippen molar-refractivity contribution in [1.29, 1.82) is 5.26 Å². The Kier molecular flexibility index (Phi) is 6.55. The van der Waals surface area contributed by atoms with Gasteiger partial charge in [0.25, 0.3) is 0 Å². The normalized spacial score (nSPS) is 10.6. The number of halogens is 1. The lowest BCUT2D eigenvalue weighted by molar-refractivity contribution is -0.122. The number of amides is 1. The molecular weight excluding hydrogens is 357 g/mol. The van der Waals surface area contributed by atoms with Gasteiger partial charge >= 0.3 is 0 Å². The highest BCUT2D eigenvalue weighted by Crippen LogP contribution is 2.12. The van der Waals surface area contributed by atoms with E-state index in [0.29, 0.717) is 31.0 Å². The van der Waals surface area contributed by atoms with Gasteiger partial charge in [0.1, 0.15) is 11.6 Å². The summed E-state index contributed by atoms with van der Waals surface area (Å²) >= 11 is 0. The Balaban J connectivity index is 1.67. The molecule has 0 aliphatic rings. The molecule has 142 valence electrons. The summed E-state index contributed by atoms with van der Waals surface area (Å²) in [7, 11) is 0. The molecule has 6 heteroatoms. The Labute approximate surface area is 163 Å². The number of hydrogen-bond donors (Lipinski definition) is 1. The fourth-order valence-corrected chi connectivity index (χ4v) is 2.86. The van der Waals surface area contributed by atoms with Crippen LogP contribution in [0, 0.1) is 17.1 Å². The van der Waals surface area contributed by atoms with Crippen LogP contribution in [-0.2, 0) is 24.4 Å². The third kappa shape index (κ3) is 5.79. The van der Waals surface area contributed by atoms with E-state index in [1.54, 1.807) is 36.6 Å². The molecular formula is C22H20FN3O2. The van der Waals surface area contributed by atoms with Crippen molar-refractivity contribution in [2.24, 2.45) is 0 Å². The predicted molar refractivity (Wildman–Crippen MR) is 102 cm³/mol. The lowest BCUT2D eigenvalue weighted by Gasteiger charge is -2.22. The van der Waals surface area contributed by atoms with E-state index in [4.69, 9.17) is 9.68 Å². The summed E-state index contributed by atoms with van der Waals surface area (Å²) < 4.78 is 18.7. The van der Waals surface area contributed by atoms with Crippen molar-refractivity contribution in [3.8, 4) is 6.07 Å². The molecule has 0 aliphatic carbocycles. The van der Waals surface area contributed by atoms with Gasteiger partial charge in [-0.25, -0.2) is 4.39 Å². The molecule has 5 nitrogen and oxygen atoms in total. The summed E-state index contributed by atoms with van der Waals surface area (Å²) in [6.45, 7) is 1.38. The standard InChI is InChI=1S/C22H20FN3O2/c23-20-4-1-3-19(11-20)15-26(14-18-8-6-17(12-24)7-9-18)16-22(27)25-13-21-5-2-10-28-21/h1-11H,13-16H2,(H,25,27). The quantitative estimate of drug-likeness (QED) is 0.651. The summed E-state index contributed by atoms with van der Waals surface area (Å²) in [5.74, 6) is 0.219. The van der Waals surface area contributed by atoms with Gasteiger partial charge in [-0.2, -0.15) is 5.26 Å². The largest absolute Gasteiger partial charge is 0.467 e. The minimum atomic E-state index is -0.307. The Morgan fingerprint density at radius 2 is 1.86 bits per heavy atom. The molecule has 0 saturated heterocycles. The predicted octanol–water partition coefficient (Wildman–Crippen LogP) is 3.61. The summed E-state index contributed by atoms with van der Waals surface area (Å²) in [5.41, 5.74) is 2.33. The first-order valence-electron chi connectivity index (χ1n) is 8.87. The fourth-order valence-electron chi connectivity index (χ4n) is 2.86. The molecule has 0 fully saturated rings. The van der Waals surface area contributed by atoms with Crippen LogP contribution in [0.1, 0.15) is 22.5 Å². The van der Waals surface area contributed by atoms with Crippen LogP contribution in [0.5, 0.6) is 0 Å². The number of nitrogens with zero attached hydrogens (tertiary/aromatic N) is 2. The van der Waals surface area contributed by atoms with Gasteiger partial charge in [-0.1, -0.05) is 24.3 Å². The molecule has 1 amide bonds. The molecule has 0 atom stereocenters. The van der Waals surface area contributed by atoms with Crippen LogP contribution in [0.3, 0.4) is 0 Å². The first-order valence-corrected chi connectivity index (χ1v) is 8.87. The second-order valence-electron chi connectivity index (χ2n) is 6.44. The molecule has 2 aromatic carbocycles. The van der Waals surface area contributed by atoms with Crippen LogP contribution in [0.4, 0.5) is 4.39 Å². The van der Waals surface area contributed by atoms with E-state index in [1.165, 1.54) is 12.1 Å². The van der Waals surface area contributed by atoms with E-state index < -0.39 is 0 Å². The maximum absolute atomic E-state index is 13.5. The average molecular weight is 377 g/mol. The van der Waals surface area contributed by atoms with Crippen molar-refractivity contribution < 1.29 is 13.6 Å². The van der Waals surface area contributed by atoms with Gasteiger partial charge in [-0.05, 0) is 47.5 Å². The molecule has 0 bridgehead atoms. The van der Waals surface area contributed by atoms with Crippen LogP contribution < -0.4 is 5.32 Å². The number of furan rings is 1. The fraction of sp³-hybridized carbons (Fsp3) is 0.182. The highest BCUT2D eigenvalue weighted by Gasteiger charge is 2.13. The van der Waals surface area contributed by atoms with E-state index >= 15 is 0 Å². The van der Waals surface area contributed by atoms with Crippen LogP contribution in [0.25, 0.3) is 0 Å². The summed E-state index contributed by atoms with van der Waals surface area (Å²) in [5, 5.41) is 11.8. The van der Waals surface area contributed by atoms with Crippen LogP contribution in [-0.4, -0.2) is 17.4 Å². The molecule has 1 heterocycles. The van der Waals surface area contributed by atoms with Crippen LogP contribution >= 0.6 is 0 Å². The number of nitriles is 1. The molecule has 3 rings (SSSR count). The zero-order valence-corrected chi connectivity index (χ0v) is 15.3. The molecule has 3 aromatic rings. The van der Waals surface area contributed by atoms with Gasteiger partial charge in [-0.15, -0.1) is 0 Å². The zero-order valence-electron chi connectivity index (χ0n) is 15.3. The third-order valence-electron chi connectivity index (χ3n) is 4.19. The van der Waals surface area contributed by atoms with Crippen molar-refractivity contribution in [3.63, 3.8) is 0 Å². The van der Waals surface area contributed by atoms with E-state index in [1.807, 2.05) is 23.1 Å². The number of benzene rings is 2. The molecule has 1 aromatic heterocycles. The maximum Gasteiger partial charge on any atom is 0.234 e. The molecule has 28 heavy (non-hydrogen) atoms. The number of hydrogen-bond acceptors (Lipinski definition) is 4. The third-order valence-corrected chi connectivity index (χ3v) is 4.19. The Hall–Kier alpha value is -3.43. The number of carbonyl (C=O) groups is 1. The summed E-state index contributed by atoms with van der Waals surface area (Å²) in [4.78, 5) is 14.3. The van der Waals surface area contributed by atoms with E-state index in [-0.39, 0.29) is 18.3 Å². The molecule has 0 saturated carbocycles. The Morgan fingerprint density at radius 3 is 2.54 bits per heavy atom. The summed E-state index contributed by atoms with van der Waals surface area (Å²) in [6, 6.07) is 19.2. The average Bonchev–Trinajstić information content (AvgIpc) is 3.21. The van der Waals surface area contributed by atoms with Gasteiger partial charge in [0.05, 0.1) is 31.0 Å². The molecule has 1 N–H and O–H groups in total. The zero-order chi connectivity index (χ0) is 19.8. The molecule has 0 aliphatic heterocycles. The smallest absolute Gasteiger partial charge is 0.234 e. The highest BCUT2D eigenvalue weighted by atomic mass is 19.1. The van der Waals surface area contributed by atoms with Crippen molar-refractivity contribution in [1.82, 2.24) is 10.2 Å². The molecule has 0 spiro atoms. The number of rotatable bonds is 8. The van der Waals surface area contributed by atoms with E-state index in [9.17, 15) is 9.18 Å². The van der Waals surface area contributed by atoms with Gasteiger partial charge < -0.3 is 9.73 Å². The molecule has 0 unspecified atom stereocenters. The number of nitrogens with one attached hydrogen (secondary N) is 1. The second-order valence-corrected chi connectivity index (χ2v) is 6.44. The first kappa shape index (κ1) is 19.3. The van der Waals surface area contributed by atoms with E-state index in [0.717, 1.165) is 11.1 Å². The number of carbonyl (C=O) groups excluding carboxylic acids is 1. The molecule has 0 radical (unpaired) electrons. The highest BCUT2D eigenvalue weighted by molar-refractivity contribution is 5.77. The van der Waals surface area contributed by atoms with Gasteiger partial charge in [0, 0.05) is 13.1 Å². The SMILES string of the molecule is N#Cc1ccc(CN(CC(=O)NCc2ccco2)Cc2cccc(F)c2)cc1. The van der Waals surface area contributed by atoms with Crippen molar-refractivity contribution >= 4 is 5.91 Å². The van der Waals surface area contributed by atoms with Crippen molar-refractivity contribution in [2.45, 2.75) is 19.6 Å². The topological polar surface area (TPSA) is 69.3 Å². The Morgan fingerprint density at radius 1 is 1.07 bits per heavy atom. The van der Waals surface area contributed by atoms with Gasteiger partial charge in [0.15, 0.2) is 0 Å². The van der Waals surface area contributed by atoms with Crippen molar-refractivity contribution in [3.05, 3.63) is 95.2 Å². The van der Waals surface area contributed by atoms with E-state index in [2.05, 4.69) is 11.4 Å². The van der Waals surface area contributed by atoms with Crippen LogP contribution in [0.15, 0.2) is 71.3 Å². The van der Waals surface area contributed by atoms with Crippen molar-refractivity contribution in [2.75, 3.05) is 6.54 Å².